The van der Waals surface area contributed by atoms with Crippen molar-refractivity contribution < 1.29 is 14.3 Å². The summed E-state index contributed by atoms with van der Waals surface area (Å²) in [7, 11) is 0. The van der Waals surface area contributed by atoms with Gasteiger partial charge in [-0.25, -0.2) is 4.79 Å². The first-order valence-corrected chi connectivity index (χ1v) is 6.85. The number of carbonyl (C=O) groups is 2. The summed E-state index contributed by atoms with van der Waals surface area (Å²) in [5.41, 5.74) is -0.440. The summed E-state index contributed by atoms with van der Waals surface area (Å²) in [6, 6.07) is 0. The second-order valence-corrected chi connectivity index (χ2v) is 5.85. The molecule has 0 radical (unpaired) electrons. The Hall–Kier alpha value is -1.06. The lowest BCUT2D eigenvalue weighted by molar-refractivity contribution is -0.118. The molecule has 0 aromatic rings. The fourth-order valence-corrected chi connectivity index (χ4v) is 2.55. The third kappa shape index (κ3) is 3.72. The molecule has 1 saturated heterocycles. The molecule has 1 saturated carbocycles. The zero-order valence-electron chi connectivity index (χ0n) is 12.2. The van der Waals surface area contributed by atoms with Crippen LogP contribution in [0.25, 0.3) is 0 Å². The lowest BCUT2D eigenvalue weighted by atomic mass is 10.0. The molecule has 0 bridgehead atoms. The van der Waals surface area contributed by atoms with Gasteiger partial charge in [-0.1, -0.05) is 13.8 Å². The molecule has 2 rings (SSSR count). The molecule has 1 unspecified atom stereocenters. The molecule has 1 aliphatic heterocycles. The molecule has 1 amide bonds. The number of fused-ring (bicyclic) bond motifs is 1. The molecule has 0 aromatic heterocycles. The topological polar surface area (TPSA) is 46.6 Å². The number of hydrogen-bond acceptors (Lipinski definition) is 3. The normalized spacial score (nSPS) is 26.5. The molecular formula is C14H25NO3. The van der Waals surface area contributed by atoms with Gasteiger partial charge in [0.15, 0.2) is 0 Å². The van der Waals surface area contributed by atoms with Gasteiger partial charge in [0.1, 0.15) is 11.4 Å². The number of hydrogen-bond donors (Lipinski definition) is 0. The van der Waals surface area contributed by atoms with Crippen molar-refractivity contribution in [2.75, 3.05) is 13.1 Å². The van der Waals surface area contributed by atoms with E-state index in [4.69, 9.17) is 4.74 Å². The molecule has 4 heteroatoms. The van der Waals surface area contributed by atoms with Gasteiger partial charge in [0.05, 0.1) is 0 Å². The Balaban J connectivity index is 0.000000771. The maximum absolute atomic E-state index is 11.8. The van der Waals surface area contributed by atoms with Gasteiger partial charge in [0, 0.05) is 25.9 Å². The van der Waals surface area contributed by atoms with Crippen molar-refractivity contribution >= 4 is 11.9 Å². The van der Waals surface area contributed by atoms with Gasteiger partial charge in [-0.15, -0.1) is 0 Å². The second-order valence-electron chi connectivity index (χ2n) is 5.85. The van der Waals surface area contributed by atoms with Crippen LogP contribution < -0.4 is 0 Å². The Bertz CT molecular complexity index is 303. The van der Waals surface area contributed by atoms with E-state index in [-0.39, 0.29) is 6.09 Å². The van der Waals surface area contributed by atoms with Crippen molar-refractivity contribution in [2.45, 2.75) is 53.1 Å². The lowest BCUT2D eigenvalue weighted by Gasteiger charge is -2.24. The van der Waals surface area contributed by atoms with Crippen LogP contribution in [0.4, 0.5) is 4.79 Å². The monoisotopic (exact) mass is 255 g/mol. The van der Waals surface area contributed by atoms with Crippen LogP contribution in [0.2, 0.25) is 0 Å². The van der Waals surface area contributed by atoms with Crippen LogP contribution in [0.5, 0.6) is 0 Å². The first kappa shape index (κ1) is 15.0. The molecule has 18 heavy (non-hydrogen) atoms. The van der Waals surface area contributed by atoms with E-state index < -0.39 is 5.60 Å². The minimum absolute atomic E-state index is 0.241. The van der Waals surface area contributed by atoms with Gasteiger partial charge in [-0.2, -0.15) is 0 Å². The van der Waals surface area contributed by atoms with Crippen molar-refractivity contribution in [1.82, 2.24) is 4.90 Å². The molecule has 0 aromatic carbocycles. The minimum atomic E-state index is -0.440. The summed E-state index contributed by atoms with van der Waals surface area (Å²) in [4.78, 5) is 24.8. The number of nitrogens with zero attached hydrogens (tertiary/aromatic N) is 1. The van der Waals surface area contributed by atoms with Crippen molar-refractivity contribution in [3.63, 3.8) is 0 Å². The maximum atomic E-state index is 11.8. The van der Waals surface area contributed by atoms with E-state index in [0.29, 0.717) is 43.6 Å². The molecule has 104 valence electrons. The SMILES string of the molecule is CC.CC(C)(C)OC(=O)N1CC2CC(=O)C[C@@H]2C1. The summed E-state index contributed by atoms with van der Waals surface area (Å²) in [5, 5.41) is 0. The Labute approximate surface area is 110 Å². The molecule has 2 atom stereocenters. The molecule has 1 heterocycles. The highest BCUT2D eigenvalue weighted by Gasteiger charge is 2.42. The minimum Gasteiger partial charge on any atom is -0.444 e. The van der Waals surface area contributed by atoms with Crippen LogP contribution in [-0.4, -0.2) is 35.5 Å². The largest absolute Gasteiger partial charge is 0.444 e. The Morgan fingerprint density at radius 3 is 2.00 bits per heavy atom. The zero-order valence-corrected chi connectivity index (χ0v) is 12.2. The number of ketones is 1. The highest BCUT2D eigenvalue weighted by Crippen LogP contribution is 2.36. The summed E-state index contributed by atoms with van der Waals surface area (Å²) >= 11 is 0. The highest BCUT2D eigenvalue weighted by atomic mass is 16.6. The molecule has 0 spiro atoms. The van der Waals surface area contributed by atoms with Crippen molar-refractivity contribution in [3.05, 3.63) is 0 Å². The summed E-state index contributed by atoms with van der Waals surface area (Å²) < 4.78 is 5.32. The number of rotatable bonds is 0. The van der Waals surface area contributed by atoms with E-state index in [9.17, 15) is 9.59 Å². The molecule has 4 nitrogen and oxygen atoms in total. The molecule has 1 aliphatic carbocycles. The third-order valence-corrected chi connectivity index (χ3v) is 3.21. The van der Waals surface area contributed by atoms with Gasteiger partial charge in [-0.3, -0.25) is 4.79 Å². The lowest BCUT2D eigenvalue weighted by Crippen LogP contribution is -2.36. The summed E-state index contributed by atoms with van der Waals surface area (Å²) in [5.74, 6) is 1.10. The highest BCUT2D eigenvalue weighted by molar-refractivity contribution is 5.82. The smallest absolute Gasteiger partial charge is 0.410 e. The van der Waals surface area contributed by atoms with Crippen LogP contribution in [0.1, 0.15) is 47.5 Å². The number of likely N-dealkylation sites (tertiary alicyclic amines) is 1. The molecular weight excluding hydrogens is 230 g/mol. The predicted molar refractivity (Wildman–Crippen MR) is 70.4 cm³/mol. The van der Waals surface area contributed by atoms with Gasteiger partial charge >= 0.3 is 6.09 Å². The average molecular weight is 255 g/mol. The van der Waals surface area contributed by atoms with Crippen LogP contribution in [0.3, 0.4) is 0 Å². The summed E-state index contributed by atoms with van der Waals surface area (Å²) in [6.07, 6.45) is 1.04. The molecule has 2 aliphatic rings. The van der Waals surface area contributed by atoms with Crippen molar-refractivity contribution in [3.8, 4) is 0 Å². The number of Topliss-reactive ketones (excluding diaryl/α,β-unsaturated/α-hetero) is 1. The van der Waals surface area contributed by atoms with Crippen molar-refractivity contribution in [1.29, 1.82) is 0 Å². The first-order chi connectivity index (χ1) is 8.35. The zero-order chi connectivity index (χ0) is 13.9. The second kappa shape index (κ2) is 5.72. The van der Waals surface area contributed by atoms with Crippen LogP contribution in [-0.2, 0) is 9.53 Å². The molecule has 2 fully saturated rings. The third-order valence-electron chi connectivity index (χ3n) is 3.21. The maximum Gasteiger partial charge on any atom is 0.410 e. The number of ether oxygens (including phenoxy) is 1. The average Bonchev–Trinajstić information content (AvgIpc) is 2.75. The molecule has 0 N–H and O–H groups in total. The van der Waals surface area contributed by atoms with Crippen molar-refractivity contribution in [2.24, 2.45) is 11.8 Å². The van der Waals surface area contributed by atoms with Crippen LogP contribution >= 0.6 is 0 Å². The standard InChI is InChI=1S/C12H19NO3.C2H6/c1-12(2,3)16-11(15)13-6-8-4-10(14)5-9(8)7-13;1-2/h8-9H,4-7H2,1-3H3;1-2H3/t8-,9?;/m1./s1. The van der Waals surface area contributed by atoms with Gasteiger partial charge in [0.25, 0.3) is 0 Å². The number of carbonyl (C=O) groups excluding carboxylic acids is 2. The van der Waals surface area contributed by atoms with E-state index in [1.807, 2.05) is 34.6 Å². The van der Waals surface area contributed by atoms with E-state index in [1.165, 1.54) is 0 Å². The van der Waals surface area contributed by atoms with Gasteiger partial charge in [-0.05, 0) is 32.6 Å². The number of amides is 1. The predicted octanol–water partition coefficient (Wildman–Crippen LogP) is 2.86. The Morgan fingerprint density at radius 1 is 1.17 bits per heavy atom. The van der Waals surface area contributed by atoms with Crippen LogP contribution in [0.15, 0.2) is 0 Å². The quantitative estimate of drug-likeness (QED) is 0.668. The van der Waals surface area contributed by atoms with E-state index in [2.05, 4.69) is 0 Å². The summed E-state index contributed by atoms with van der Waals surface area (Å²) in [6.45, 7) is 11.0. The Kier molecular flexibility index (Phi) is 4.77. The fourth-order valence-electron chi connectivity index (χ4n) is 2.55. The van der Waals surface area contributed by atoms with Gasteiger partial charge < -0.3 is 9.64 Å². The van der Waals surface area contributed by atoms with E-state index >= 15 is 0 Å². The van der Waals surface area contributed by atoms with Gasteiger partial charge in [0.2, 0.25) is 0 Å². The Morgan fingerprint density at radius 2 is 1.61 bits per heavy atom. The van der Waals surface area contributed by atoms with E-state index in [0.717, 1.165) is 0 Å². The fraction of sp³-hybridized carbons (Fsp3) is 0.857. The van der Waals surface area contributed by atoms with Crippen LogP contribution in [0, 0.1) is 11.8 Å². The first-order valence-electron chi connectivity index (χ1n) is 6.85. The van der Waals surface area contributed by atoms with E-state index in [1.54, 1.807) is 4.90 Å².